The summed E-state index contributed by atoms with van der Waals surface area (Å²) in [5.74, 6) is 0.752. The maximum atomic E-state index is 12.0. The molecule has 0 N–H and O–H groups in total. The van der Waals surface area contributed by atoms with Crippen LogP contribution in [0.5, 0.6) is 5.75 Å². The Morgan fingerprint density at radius 1 is 1.53 bits per heavy atom. The first kappa shape index (κ1) is 12.7. The van der Waals surface area contributed by atoms with Crippen LogP contribution in [-0.4, -0.2) is 29.2 Å². The first-order valence-corrected chi connectivity index (χ1v) is 6.46. The average Bonchev–Trinajstić information content (AvgIpc) is 2.26. The molecule has 1 atom stereocenters. The zero-order valence-electron chi connectivity index (χ0n) is 8.99. The summed E-state index contributed by atoms with van der Waals surface area (Å²) in [4.78, 5) is 0.764. The van der Waals surface area contributed by atoms with Gasteiger partial charge < -0.3 is 4.74 Å². The Kier molecular flexibility index (Phi) is 4.76. The molecule has 1 aromatic rings. The number of benzene rings is 1. The van der Waals surface area contributed by atoms with Crippen LogP contribution in [0.25, 0.3) is 0 Å². The summed E-state index contributed by atoms with van der Waals surface area (Å²) >= 11 is 3.39. The molecule has 0 aliphatic heterocycles. The molecule has 0 heterocycles. The fourth-order valence-electron chi connectivity index (χ4n) is 1.04. The Morgan fingerprint density at radius 3 is 2.67 bits per heavy atom. The molecule has 1 unspecified atom stereocenters. The van der Waals surface area contributed by atoms with E-state index in [1.165, 1.54) is 0 Å². The summed E-state index contributed by atoms with van der Waals surface area (Å²) in [7, 11) is 2.31. The van der Waals surface area contributed by atoms with Crippen molar-refractivity contribution < 1.29 is 8.95 Å². The van der Waals surface area contributed by atoms with Crippen molar-refractivity contribution in [2.24, 2.45) is 0 Å². The van der Waals surface area contributed by atoms with Gasteiger partial charge in [0.2, 0.25) is 0 Å². The summed E-state index contributed by atoms with van der Waals surface area (Å²) in [6.07, 6.45) is 0. The van der Waals surface area contributed by atoms with E-state index in [-0.39, 0.29) is 0 Å². The fraction of sp³-hybridized carbons (Fsp3) is 0.400. The highest BCUT2D eigenvalue weighted by atomic mass is 79.9. The van der Waals surface area contributed by atoms with Gasteiger partial charge >= 0.3 is 0 Å². The molecule has 0 bridgehead atoms. The van der Waals surface area contributed by atoms with E-state index in [1.807, 2.05) is 32.2 Å². The summed E-state index contributed by atoms with van der Waals surface area (Å²) in [5.41, 5.74) is 0. The second-order valence-electron chi connectivity index (χ2n) is 2.99. The van der Waals surface area contributed by atoms with Crippen LogP contribution in [-0.2, 0) is 11.0 Å². The first-order valence-electron chi connectivity index (χ1n) is 4.56. The lowest BCUT2D eigenvalue weighted by Crippen LogP contribution is -2.20. The second kappa shape index (κ2) is 5.63. The minimum atomic E-state index is -1.12. The standard InChI is InChI=1S/C10H14BrNO2S/c1-4-12(2)15(13)10-6-5-8(14-3)7-9(10)11/h5-7H,4H2,1-3H3. The Bertz CT molecular complexity index is 370. The summed E-state index contributed by atoms with van der Waals surface area (Å²) < 4.78 is 19.6. The van der Waals surface area contributed by atoms with Gasteiger partial charge in [-0.05, 0) is 34.1 Å². The highest BCUT2D eigenvalue weighted by Gasteiger charge is 2.12. The van der Waals surface area contributed by atoms with E-state index in [2.05, 4.69) is 15.9 Å². The Labute approximate surface area is 101 Å². The van der Waals surface area contributed by atoms with Crippen LogP contribution in [0, 0.1) is 0 Å². The SMILES string of the molecule is CCN(C)S(=O)c1ccc(OC)cc1Br. The van der Waals surface area contributed by atoms with Crippen molar-refractivity contribution in [1.82, 2.24) is 4.31 Å². The number of rotatable bonds is 4. The molecule has 0 saturated carbocycles. The van der Waals surface area contributed by atoms with Crippen LogP contribution in [0.15, 0.2) is 27.6 Å². The molecule has 0 fully saturated rings. The maximum Gasteiger partial charge on any atom is 0.128 e. The van der Waals surface area contributed by atoms with E-state index in [9.17, 15) is 4.21 Å². The van der Waals surface area contributed by atoms with Crippen molar-refractivity contribution in [3.63, 3.8) is 0 Å². The normalized spacial score (nSPS) is 12.9. The summed E-state index contributed by atoms with van der Waals surface area (Å²) in [6.45, 7) is 2.71. The Morgan fingerprint density at radius 2 is 2.20 bits per heavy atom. The van der Waals surface area contributed by atoms with E-state index in [0.29, 0.717) is 0 Å². The van der Waals surface area contributed by atoms with Crippen LogP contribution in [0.1, 0.15) is 6.92 Å². The van der Waals surface area contributed by atoms with Crippen LogP contribution in [0.2, 0.25) is 0 Å². The zero-order valence-corrected chi connectivity index (χ0v) is 11.4. The summed E-state index contributed by atoms with van der Waals surface area (Å²) in [6, 6.07) is 5.43. The van der Waals surface area contributed by atoms with Gasteiger partial charge in [-0.1, -0.05) is 6.92 Å². The predicted molar refractivity (Wildman–Crippen MR) is 65.4 cm³/mol. The number of nitrogens with zero attached hydrogens (tertiary/aromatic N) is 1. The third kappa shape index (κ3) is 3.03. The summed E-state index contributed by atoms with van der Waals surface area (Å²) in [5, 5.41) is 0. The molecule has 1 aromatic carbocycles. The molecule has 1 rings (SSSR count). The van der Waals surface area contributed by atoms with Crippen molar-refractivity contribution >= 4 is 26.9 Å². The fourth-order valence-corrected chi connectivity index (χ4v) is 2.79. The van der Waals surface area contributed by atoms with Crippen LogP contribution in [0.4, 0.5) is 0 Å². The Balaban J connectivity index is 3.00. The molecule has 0 aromatic heterocycles. The molecular formula is C10H14BrNO2S. The van der Waals surface area contributed by atoms with Crippen molar-refractivity contribution in [2.75, 3.05) is 20.7 Å². The van der Waals surface area contributed by atoms with Crippen LogP contribution >= 0.6 is 15.9 Å². The van der Waals surface area contributed by atoms with Crippen molar-refractivity contribution in [2.45, 2.75) is 11.8 Å². The van der Waals surface area contributed by atoms with Gasteiger partial charge in [-0.3, -0.25) is 0 Å². The lowest BCUT2D eigenvalue weighted by Gasteiger charge is -2.14. The molecule has 15 heavy (non-hydrogen) atoms. The third-order valence-corrected chi connectivity index (χ3v) is 4.53. The molecule has 5 heteroatoms. The average molecular weight is 292 g/mol. The number of hydrogen-bond acceptors (Lipinski definition) is 2. The van der Waals surface area contributed by atoms with Crippen LogP contribution < -0.4 is 4.74 Å². The Hall–Kier alpha value is -0.390. The number of halogens is 1. The van der Waals surface area contributed by atoms with E-state index < -0.39 is 11.0 Å². The molecule has 0 amide bonds. The van der Waals surface area contributed by atoms with Crippen molar-refractivity contribution in [3.8, 4) is 5.75 Å². The van der Waals surface area contributed by atoms with E-state index in [4.69, 9.17) is 4.74 Å². The number of methoxy groups -OCH3 is 1. The number of ether oxygens (including phenoxy) is 1. The molecule has 84 valence electrons. The predicted octanol–water partition coefficient (Wildman–Crippen LogP) is 2.43. The van der Waals surface area contributed by atoms with Gasteiger partial charge in [0.25, 0.3) is 0 Å². The molecular weight excluding hydrogens is 278 g/mol. The van der Waals surface area contributed by atoms with Gasteiger partial charge in [0.05, 0.1) is 12.0 Å². The first-order chi connectivity index (χ1) is 7.10. The molecule has 0 saturated heterocycles. The highest BCUT2D eigenvalue weighted by molar-refractivity contribution is 9.10. The molecule has 3 nitrogen and oxygen atoms in total. The number of hydrogen-bond donors (Lipinski definition) is 0. The van der Waals surface area contributed by atoms with Gasteiger partial charge in [-0.25, -0.2) is 8.51 Å². The van der Waals surface area contributed by atoms with Gasteiger partial charge in [0.15, 0.2) is 0 Å². The van der Waals surface area contributed by atoms with Crippen LogP contribution in [0.3, 0.4) is 0 Å². The smallest absolute Gasteiger partial charge is 0.128 e. The van der Waals surface area contributed by atoms with Crippen molar-refractivity contribution in [3.05, 3.63) is 22.7 Å². The zero-order chi connectivity index (χ0) is 11.4. The minimum Gasteiger partial charge on any atom is -0.497 e. The lowest BCUT2D eigenvalue weighted by atomic mass is 10.3. The quantitative estimate of drug-likeness (QED) is 0.853. The second-order valence-corrected chi connectivity index (χ2v) is 5.41. The lowest BCUT2D eigenvalue weighted by molar-refractivity contribution is 0.414. The monoisotopic (exact) mass is 291 g/mol. The van der Waals surface area contributed by atoms with Crippen molar-refractivity contribution in [1.29, 1.82) is 0 Å². The maximum absolute atomic E-state index is 12.0. The van der Waals surface area contributed by atoms with Gasteiger partial charge in [-0.2, -0.15) is 0 Å². The molecule has 0 aliphatic carbocycles. The van der Waals surface area contributed by atoms with E-state index >= 15 is 0 Å². The van der Waals surface area contributed by atoms with Gasteiger partial charge in [0.1, 0.15) is 16.7 Å². The minimum absolute atomic E-state index is 0.741. The van der Waals surface area contributed by atoms with Gasteiger partial charge in [-0.15, -0.1) is 0 Å². The molecule has 0 aliphatic rings. The molecule has 0 spiro atoms. The topological polar surface area (TPSA) is 29.5 Å². The molecule has 0 radical (unpaired) electrons. The van der Waals surface area contributed by atoms with Gasteiger partial charge in [0, 0.05) is 18.1 Å². The van der Waals surface area contributed by atoms with E-state index in [1.54, 1.807) is 11.4 Å². The third-order valence-electron chi connectivity index (χ3n) is 2.06. The largest absolute Gasteiger partial charge is 0.497 e. The highest BCUT2D eigenvalue weighted by Crippen LogP contribution is 2.26. The van der Waals surface area contributed by atoms with E-state index in [0.717, 1.165) is 21.7 Å².